The molecule has 0 amide bonds. The van der Waals surface area contributed by atoms with Crippen LogP contribution in [0, 0.1) is 0 Å². The fourth-order valence-electron chi connectivity index (χ4n) is 3.32. The van der Waals surface area contributed by atoms with Crippen LogP contribution in [0.2, 0.25) is 0 Å². The highest BCUT2D eigenvalue weighted by atomic mass is 32.3. The van der Waals surface area contributed by atoms with Crippen LogP contribution in [0.4, 0.5) is 5.82 Å². The molecule has 0 aromatic carbocycles. The molecule has 29 heavy (non-hydrogen) atoms. The van der Waals surface area contributed by atoms with E-state index >= 15 is 0 Å². The third kappa shape index (κ3) is 4.49. The van der Waals surface area contributed by atoms with Crippen LogP contribution in [0.25, 0.3) is 11.2 Å². The molecule has 8 nitrogen and oxygen atoms in total. The first-order valence-corrected chi connectivity index (χ1v) is 11.4. The second kappa shape index (κ2) is 8.60. The Morgan fingerprint density at radius 1 is 1.10 bits per heavy atom. The number of sulfonamides is 1. The van der Waals surface area contributed by atoms with Crippen molar-refractivity contribution in [3.05, 3.63) is 52.8 Å². The Morgan fingerprint density at radius 2 is 1.93 bits per heavy atom. The highest BCUT2D eigenvalue weighted by Gasteiger charge is 2.29. The Kier molecular flexibility index (Phi) is 5.93. The molecule has 2 aromatic rings. The lowest BCUT2D eigenvalue weighted by atomic mass is 10.2. The van der Waals surface area contributed by atoms with Crippen LogP contribution in [0.3, 0.4) is 0 Å². The maximum Gasteiger partial charge on any atom is 0.249 e. The highest BCUT2D eigenvalue weighted by molar-refractivity contribution is 8.09. The summed E-state index contributed by atoms with van der Waals surface area (Å²) in [5.74, 6) is 0.684. The fraction of sp³-hybridized carbons (Fsp3) is 0.368. The van der Waals surface area contributed by atoms with Crippen molar-refractivity contribution in [1.29, 1.82) is 0 Å². The van der Waals surface area contributed by atoms with Crippen molar-refractivity contribution in [2.45, 2.75) is 19.3 Å². The monoisotopic (exact) mass is 430 g/mol. The van der Waals surface area contributed by atoms with Gasteiger partial charge in [-0.2, -0.15) is 4.31 Å². The minimum atomic E-state index is -3.61. The van der Waals surface area contributed by atoms with Crippen LogP contribution in [-0.2, 0) is 10.0 Å². The molecule has 0 bridgehead atoms. The molecule has 3 heterocycles. The minimum Gasteiger partial charge on any atom is -0.353 e. The largest absolute Gasteiger partial charge is 0.353 e. The van der Waals surface area contributed by atoms with E-state index in [2.05, 4.69) is 44.7 Å². The number of thiol groups is 1. The van der Waals surface area contributed by atoms with E-state index in [-0.39, 0.29) is 4.24 Å². The summed E-state index contributed by atoms with van der Waals surface area (Å²) in [5.41, 5.74) is 2.05. The third-order valence-corrected chi connectivity index (χ3v) is 7.45. The summed E-state index contributed by atoms with van der Waals surface area (Å²) < 4.78 is 27.4. The van der Waals surface area contributed by atoms with Gasteiger partial charge in [-0.15, -0.1) is 12.6 Å². The van der Waals surface area contributed by atoms with E-state index in [4.69, 9.17) is 0 Å². The summed E-state index contributed by atoms with van der Waals surface area (Å²) in [4.78, 5) is 18.9. The number of fused-ring (bicyclic) bond motifs is 1. The Bertz CT molecular complexity index is 1090. The molecule has 0 spiro atoms. The van der Waals surface area contributed by atoms with Gasteiger partial charge in [-0.25, -0.2) is 28.4 Å². The predicted molar refractivity (Wildman–Crippen MR) is 116 cm³/mol. The highest BCUT2D eigenvalue weighted by Crippen LogP contribution is 2.23. The summed E-state index contributed by atoms with van der Waals surface area (Å²) in [6.07, 6.45) is 15.5. The molecule has 4 rings (SSSR count). The molecule has 1 saturated heterocycles. The van der Waals surface area contributed by atoms with Gasteiger partial charge in [-0.05, 0) is 30.9 Å². The maximum absolute atomic E-state index is 12.9. The summed E-state index contributed by atoms with van der Waals surface area (Å²) in [5, 5.41) is 0. The lowest BCUT2D eigenvalue weighted by molar-refractivity contribution is 0.388. The number of anilines is 1. The first kappa shape index (κ1) is 20.0. The zero-order chi connectivity index (χ0) is 20.3. The molecular formula is C19H22N6O2S2. The topological polar surface area (TPSA) is 92.2 Å². The van der Waals surface area contributed by atoms with E-state index in [1.807, 2.05) is 11.0 Å². The average molecular weight is 431 g/mol. The van der Waals surface area contributed by atoms with Gasteiger partial charge in [0.15, 0.2) is 5.65 Å². The van der Waals surface area contributed by atoms with Gasteiger partial charge in [-0.1, -0.05) is 18.2 Å². The summed E-state index contributed by atoms with van der Waals surface area (Å²) in [6, 6.07) is 0. The summed E-state index contributed by atoms with van der Waals surface area (Å²) in [7, 11) is -3.61. The standard InChI is InChI=1S/C19H22N6O2S2/c26-29(27,18(28)11-15-5-3-1-2-4-6-15)25-9-7-24(8-10-25)17-13-21-16-12-20-14-22-19(16)23-17/h3,5-6,11-14,28H,1-2,4,7-10H2/b18-11+. The van der Waals surface area contributed by atoms with Gasteiger partial charge in [0.25, 0.3) is 0 Å². The van der Waals surface area contributed by atoms with Crippen molar-refractivity contribution in [2.75, 3.05) is 31.1 Å². The molecule has 1 aliphatic heterocycles. The van der Waals surface area contributed by atoms with Crippen molar-refractivity contribution in [3.8, 4) is 0 Å². The van der Waals surface area contributed by atoms with E-state index < -0.39 is 10.0 Å². The Hall–Kier alpha value is -2.30. The van der Waals surface area contributed by atoms with Crippen molar-refractivity contribution >= 4 is 39.6 Å². The zero-order valence-corrected chi connectivity index (χ0v) is 17.6. The van der Waals surface area contributed by atoms with Gasteiger partial charge in [0, 0.05) is 26.2 Å². The molecule has 0 N–H and O–H groups in total. The van der Waals surface area contributed by atoms with Gasteiger partial charge in [0.1, 0.15) is 21.9 Å². The van der Waals surface area contributed by atoms with E-state index in [1.54, 1.807) is 18.5 Å². The molecule has 1 aliphatic carbocycles. The zero-order valence-electron chi connectivity index (χ0n) is 15.8. The number of nitrogens with zero attached hydrogens (tertiary/aromatic N) is 6. The predicted octanol–water partition coefficient (Wildman–Crippen LogP) is 2.31. The van der Waals surface area contributed by atoms with Gasteiger partial charge < -0.3 is 4.90 Å². The Labute approximate surface area is 175 Å². The SMILES string of the molecule is O=S(=O)(/C(S)=C/C1=CCCCC=C1)N1CCN(c2cnc3cncnc3n2)CC1. The first-order chi connectivity index (χ1) is 14.0. The van der Waals surface area contributed by atoms with Gasteiger partial charge >= 0.3 is 0 Å². The summed E-state index contributed by atoms with van der Waals surface area (Å²) in [6.45, 7) is 1.76. The van der Waals surface area contributed by atoms with E-state index in [0.717, 1.165) is 24.8 Å². The third-order valence-electron chi connectivity index (χ3n) is 4.93. The lowest BCUT2D eigenvalue weighted by Gasteiger charge is -2.34. The number of piperazine rings is 1. The van der Waals surface area contributed by atoms with Crippen LogP contribution in [0.15, 0.2) is 52.8 Å². The van der Waals surface area contributed by atoms with Crippen LogP contribution in [-0.4, -0.2) is 58.8 Å². The van der Waals surface area contributed by atoms with Crippen LogP contribution in [0.1, 0.15) is 19.3 Å². The average Bonchev–Trinajstić information content (AvgIpc) is 3.02. The molecule has 0 radical (unpaired) electrons. The number of rotatable bonds is 4. The molecule has 2 aromatic heterocycles. The second-order valence-corrected chi connectivity index (χ2v) is 9.56. The lowest BCUT2D eigenvalue weighted by Crippen LogP contribution is -2.49. The molecule has 1 fully saturated rings. The Morgan fingerprint density at radius 3 is 2.76 bits per heavy atom. The van der Waals surface area contributed by atoms with E-state index in [9.17, 15) is 8.42 Å². The van der Waals surface area contributed by atoms with Crippen LogP contribution < -0.4 is 4.90 Å². The number of hydrogen-bond donors (Lipinski definition) is 1. The first-order valence-electron chi connectivity index (χ1n) is 9.49. The number of allylic oxidation sites excluding steroid dienone is 5. The minimum absolute atomic E-state index is 0.0750. The molecular weight excluding hydrogens is 408 g/mol. The van der Waals surface area contributed by atoms with Crippen LogP contribution in [0.5, 0.6) is 0 Å². The fourth-order valence-corrected chi connectivity index (χ4v) is 5.00. The van der Waals surface area contributed by atoms with Crippen molar-refractivity contribution in [1.82, 2.24) is 24.2 Å². The van der Waals surface area contributed by atoms with Crippen molar-refractivity contribution in [2.24, 2.45) is 0 Å². The van der Waals surface area contributed by atoms with Gasteiger partial charge in [0.2, 0.25) is 10.0 Å². The number of aromatic nitrogens is 4. The van der Waals surface area contributed by atoms with Gasteiger partial charge in [0.05, 0.1) is 12.4 Å². The van der Waals surface area contributed by atoms with Crippen molar-refractivity contribution in [3.63, 3.8) is 0 Å². The second-order valence-electron chi connectivity index (χ2n) is 6.87. The molecule has 0 saturated carbocycles. The van der Waals surface area contributed by atoms with Gasteiger partial charge in [-0.3, -0.25) is 0 Å². The molecule has 0 atom stereocenters. The normalized spacial score (nSPS) is 19.3. The van der Waals surface area contributed by atoms with E-state index in [1.165, 1.54) is 10.6 Å². The molecule has 152 valence electrons. The summed E-state index contributed by atoms with van der Waals surface area (Å²) >= 11 is 4.31. The Balaban J connectivity index is 1.45. The number of hydrogen-bond acceptors (Lipinski definition) is 8. The van der Waals surface area contributed by atoms with Crippen molar-refractivity contribution < 1.29 is 8.42 Å². The quantitative estimate of drug-likeness (QED) is 0.744. The van der Waals surface area contributed by atoms with E-state index in [0.29, 0.717) is 43.2 Å². The molecule has 2 aliphatic rings. The smallest absolute Gasteiger partial charge is 0.249 e. The molecule has 10 heteroatoms. The maximum atomic E-state index is 12.9. The molecule has 0 unspecified atom stereocenters. The van der Waals surface area contributed by atoms with Crippen LogP contribution >= 0.6 is 12.6 Å².